The molecule has 0 rings (SSSR count). The van der Waals surface area contributed by atoms with Gasteiger partial charge in [-0.3, -0.25) is 9.59 Å². The van der Waals surface area contributed by atoms with Gasteiger partial charge in [0.15, 0.2) is 5.12 Å². The van der Waals surface area contributed by atoms with Crippen LogP contribution in [0, 0.1) is 0 Å². The van der Waals surface area contributed by atoms with Gasteiger partial charge in [0.2, 0.25) is 0 Å². The van der Waals surface area contributed by atoms with Crippen LogP contribution in [0.5, 0.6) is 0 Å². The average molecular weight is 197 g/mol. The van der Waals surface area contributed by atoms with Gasteiger partial charge in [-0.15, -0.1) is 0 Å². The fraction of sp³-hybridized carbons (Fsp3) is 0.667. The molecular formula is C6H9ClO3S. The summed E-state index contributed by atoms with van der Waals surface area (Å²) in [4.78, 5) is 21.0. The molecule has 0 spiro atoms. The maximum atomic E-state index is 10.5. The average Bonchev–Trinajstić information content (AvgIpc) is 1.85. The van der Waals surface area contributed by atoms with E-state index in [1.165, 1.54) is 6.92 Å². The second-order valence-corrected chi connectivity index (χ2v) is 3.84. The van der Waals surface area contributed by atoms with Gasteiger partial charge in [0.25, 0.3) is 0 Å². The molecule has 0 radical (unpaired) electrons. The van der Waals surface area contributed by atoms with Crippen molar-refractivity contribution >= 4 is 34.7 Å². The van der Waals surface area contributed by atoms with Crippen LogP contribution in [-0.2, 0) is 13.9 Å². The first-order chi connectivity index (χ1) is 5.06. The highest BCUT2D eigenvalue weighted by atomic mass is 35.5. The number of carbonyl (C=O) groups is 2. The molecule has 0 heterocycles. The van der Waals surface area contributed by atoms with Crippen LogP contribution in [0.25, 0.3) is 0 Å². The third-order valence-corrected chi connectivity index (χ3v) is 1.98. The SMILES string of the molecule is CC(=O)SC(C)CC(=O)OCl. The van der Waals surface area contributed by atoms with E-state index in [4.69, 9.17) is 11.9 Å². The molecule has 0 aromatic heterocycles. The molecule has 0 aromatic rings. The van der Waals surface area contributed by atoms with Crippen LogP contribution in [0.3, 0.4) is 0 Å². The van der Waals surface area contributed by atoms with Crippen molar-refractivity contribution in [1.82, 2.24) is 0 Å². The minimum absolute atomic E-state index is 0.0140. The van der Waals surface area contributed by atoms with Crippen LogP contribution >= 0.6 is 23.6 Å². The zero-order chi connectivity index (χ0) is 8.85. The van der Waals surface area contributed by atoms with E-state index in [1.807, 2.05) is 0 Å². The van der Waals surface area contributed by atoms with Gasteiger partial charge in [-0.1, -0.05) is 18.7 Å². The van der Waals surface area contributed by atoms with E-state index in [0.717, 1.165) is 11.8 Å². The maximum absolute atomic E-state index is 10.5. The number of thioether (sulfide) groups is 1. The molecule has 0 aliphatic carbocycles. The Morgan fingerprint density at radius 3 is 2.55 bits per heavy atom. The third kappa shape index (κ3) is 6.19. The van der Waals surface area contributed by atoms with E-state index in [2.05, 4.69) is 4.29 Å². The van der Waals surface area contributed by atoms with Crippen molar-refractivity contribution in [3.8, 4) is 0 Å². The van der Waals surface area contributed by atoms with E-state index in [1.54, 1.807) is 6.92 Å². The molecule has 0 saturated carbocycles. The zero-order valence-corrected chi connectivity index (χ0v) is 7.87. The van der Waals surface area contributed by atoms with Crippen molar-refractivity contribution in [2.45, 2.75) is 25.5 Å². The van der Waals surface area contributed by atoms with Crippen molar-refractivity contribution in [2.75, 3.05) is 0 Å². The Kier molecular flexibility index (Phi) is 5.32. The quantitative estimate of drug-likeness (QED) is 0.690. The first-order valence-electron chi connectivity index (χ1n) is 3.05. The molecule has 11 heavy (non-hydrogen) atoms. The fourth-order valence-corrected chi connectivity index (χ4v) is 1.44. The lowest BCUT2D eigenvalue weighted by atomic mass is 10.3. The third-order valence-electron chi connectivity index (χ3n) is 0.907. The zero-order valence-electron chi connectivity index (χ0n) is 6.30. The Bertz CT molecular complexity index is 160. The fourth-order valence-electron chi connectivity index (χ4n) is 0.591. The molecule has 0 N–H and O–H groups in total. The van der Waals surface area contributed by atoms with Gasteiger partial charge < -0.3 is 4.29 Å². The summed E-state index contributed by atoms with van der Waals surface area (Å²) in [7, 11) is 0. The van der Waals surface area contributed by atoms with Gasteiger partial charge >= 0.3 is 5.97 Å². The van der Waals surface area contributed by atoms with Crippen molar-refractivity contribution < 1.29 is 13.9 Å². The highest BCUT2D eigenvalue weighted by Crippen LogP contribution is 2.15. The van der Waals surface area contributed by atoms with Gasteiger partial charge in [0, 0.05) is 12.2 Å². The van der Waals surface area contributed by atoms with Crippen LogP contribution in [-0.4, -0.2) is 16.3 Å². The summed E-state index contributed by atoms with van der Waals surface area (Å²) in [6.45, 7) is 3.22. The van der Waals surface area contributed by atoms with Gasteiger partial charge in [-0.2, -0.15) is 0 Å². The Morgan fingerprint density at radius 1 is 1.64 bits per heavy atom. The van der Waals surface area contributed by atoms with Gasteiger partial charge in [-0.25, -0.2) is 0 Å². The monoisotopic (exact) mass is 196 g/mol. The number of carbonyl (C=O) groups excluding carboxylic acids is 2. The summed E-state index contributed by atoms with van der Waals surface area (Å²) in [6.07, 6.45) is 0.160. The van der Waals surface area contributed by atoms with Gasteiger partial charge in [-0.05, 0) is 0 Å². The highest BCUT2D eigenvalue weighted by molar-refractivity contribution is 8.14. The molecule has 0 saturated heterocycles. The summed E-state index contributed by atoms with van der Waals surface area (Å²) in [5, 5.41) is -0.0846. The molecule has 3 nitrogen and oxygen atoms in total. The van der Waals surface area contributed by atoms with Crippen LogP contribution < -0.4 is 0 Å². The molecular weight excluding hydrogens is 188 g/mol. The lowest BCUT2D eigenvalue weighted by Gasteiger charge is -2.04. The maximum Gasteiger partial charge on any atom is 0.325 e. The molecule has 0 amide bonds. The predicted octanol–water partition coefficient (Wildman–Crippen LogP) is 1.74. The summed E-state index contributed by atoms with van der Waals surface area (Å²) in [5.74, 6) is -0.507. The lowest BCUT2D eigenvalue weighted by molar-refractivity contribution is -0.133. The smallest absolute Gasteiger partial charge is 0.325 e. The summed E-state index contributed by atoms with van der Waals surface area (Å²) in [5.41, 5.74) is 0. The number of hydrogen-bond donors (Lipinski definition) is 0. The summed E-state index contributed by atoms with van der Waals surface area (Å²) < 4.78 is 3.91. The number of halogens is 1. The molecule has 1 atom stereocenters. The Morgan fingerprint density at radius 2 is 2.18 bits per heavy atom. The molecule has 0 aliphatic rings. The number of rotatable bonds is 3. The second-order valence-electron chi connectivity index (χ2n) is 2.07. The first kappa shape index (κ1) is 10.8. The Hall–Kier alpha value is -0.220. The molecule has 1 unspecified atom stereocenters. The van der Waals surface area contributed by atoms with Crippen LogP contribution in [0.4, 0.5) is 0 Å². The van der Waals surface area contributed by atoms with E-state index in [0.29, 0.717) is 0 Å². The summed E-state index contributed by atoms with van der Waals surface area (Å²) in [6, 6.07) is 0. The van der Waals surface area contributed by atoms with Crippen molar-refractivity contribution in [2.24, 2.45) is 0 Å². The van der Waals surface area contributed by atoms with Gasteiger partial charge in [0.1, 0.15) is 11.9 Å². The number of hydrogen-bond acceptors (Lipinski definition) is 4. The Labute approximate surface area is 74.6 Å². The topological polar surface area (TPSA) is 43.4 Å². The summed E-state index contributed by atoms with van der Waals surface area (Å²) >= 11 is 5.89. The van der Waals surface area contributed by atoms with Crippen molar-refractivity contribution in [1.29, 1.82) is 0 Å². The van der Waals surface area contributed by atoms with Crippen LogP contribution in [0.15, 0.2) is 0 Å². The lowest BCUT2D eigenvalue weighted by Crippen LogP contribution is -2.08. The second kappa shape index (κ2) is 5.43. The normalized spacial score (nSPS) is 12.3. The van der Waals surface area contributed by atoms with E-state index in [-0.39, 0.29) is 16.8 Å². The van der Waals surface area contributed by atoms with E-state index < -0.39 is 5.97 Å². The van der Waals surface area contributed by atoms with Crippen molar-refractivity contribution in [3.63, 3.8) is 0 Å². The van der Waals surface area contributed by atoms with Crippen molar-refractivity contribution in [3.05, 3.63) is 0 Å². The molecule has 5 heteroatoms. The molecule has 0 bridgehead atoms. The minimum atomic E-state index is -0.507. The molecule has 0 aliphatic heterocycles. The largest absolute Gasteiger partial charge is 0.348 e. The Balaban J connectivity index is 3.60. The first-order valence-corrected chi connectivity index (χ1v) is 4.23. The van der Waals surface area contributed by atoms with Crippen LogP contribution in [0.2, 0.25) is 0 Å². The van der Waals surface area contributed by atoms with Gasteiger partial charge in [0.05, 0.1) is 6.42 Å². The van der Waals surface area contributed by atoms with Crippen LogP contribution in [0.1, 0.15) is 20.3 Å². The highest BCUT2D eigenvalue weighted by Gasteiger charge is 2.11. The standard InChI is InChI=1S/C6H9ClO3S/c1-4(11-5(2)8)3-6(9)10-7/h4H,3H2,1-2H3. The van der Waals surface area contributed by atoms with E-state index in [9.17, 15) is 9.59 Å². The molecule has 64 valence electrons. The minimum Gasteiger partial charge on any atom is -0.348 e. The molecule has 0 aromatic carbocycles. The van der Waals surface area contributed by atoms with E-state index >= 15 is 0 Å². The predicted molar refractivity (Wildman–Crippen MR) is 44.3 cm³/mol. The molecule has 0 fully saturated rings.